The fraction of sp³-hybridized carbons (Fsp3) is 0.733. The summed E-state index contributed by atoms with van der Waals surface area (Å²) in [6.45, 7) is 3.73. The van der Waals surface area contributed by atoms with Crippen molar-refractivity contribution in [3.8, 4) is 0 Å². The van der Waals surface area contributed by atoms with Gasteiger partial charge in [-0.25, -0.2) is 0 Å². The Kier molecular flexibility index (Phi) is 4.21. The molecule has 0 amide bonds. The molecule has 0 radical (unpaired) electrons. The van der Waals surface area contributed by atoms with Crippen LogP contribution in [0.4, 0.5) is 0 Å². The first kappa shape index (κ1) is 13.2. The van der Waals surface area contributed by atoms with E-state index in [2.05, 4.69) is 23.3 Å². The molecule has 0 aromatic carbocycles. The highest BCUT2D eigenvalue weighted by Crippen LogP contribution is 2.20. The van der Waals surface area contributed by atoms with Crippen LogP contribution in [0.15, 0.2) is 16.5 Å². The molecule has 4 heteroatoms. The second kappa shape index (κ2) is 6.07. The minimum absolute atomic E-state index is 0.398. The molecule has 1 saturated carbocycles. The summed E-state index contributed by atoms with van der Waals surface area (Å²) >= 11 is 0. The van der Waals surface area contributed by atoms with E-state index in [9.17, 15) is 0 Å². The van der Waals surface area contributed by atoms with Crippen molar-refractivity contribution in [1.29, 1.82) is 0 Å². The number of furan rings is 1. The zero-order chi connectivity index (χ0) is 13.1. The van der Waals surface area contributed by atoms with Crippen LogP contribution < -0.4 is 5.32 Å². The number of piperidine rings is 1. The van der Waals surface area contributed by atoms with Gasteiger partial charge in [-0.3, -0.25) is 0 Å². The first-order valence-electron chi connectivity index (χ1n) is 7.41. The van der Waals surface area contributed by atoms with E-state index in [1.54, 1.807) is 0 Å². The predicted molar refractivity (Wildman–Crippen MR) is 73.9 cm³/mol. The van der Waals surface area contributed by atoms with Gasteiger partial charge in [-0.2, -0.15) is 0 Å². The summed E-state index contributed by atoms with van der Waals surface area (Å²) in [5.74, 6) is 1.97. The normalized spacial score (nSPS) is 21.9. The van der Waals surface area contributed by atoms with Gasteiger partial charge in [-0.15, -0.1) is 0 Å². The van der Waals surface area contributed by atoms with Gasteiger partial charge in [0, 0.05) is 19.1 Å². The van der Waals surface area contributed by atoms with E-state index < -0.39 is 0 Å². The summed E-state index contributed by atoms with van der Waals surface area (Å²) < 4.78 is 11.7. The minimum Gasteiger partial charge on any atom is -0.462 e. The number of rotatable bonds is 6. The van der Waals surface area contributed by atoms with Gasteiger partial charge < -0.3 is 19.4 Å². The van der Waals surface area contributed by atoms with Crippen molar-refractivity contribution in [2.24, 2.45) is 0 Å². The van der Waals surface area contributed by atoms with Crippen molar-refractivity contribution in [3.05, 3.63) is 23.7 Å². The lowest BCUT2D eigenvalue weighted by Crippen LogP contribution is -2.34. The SMILES string of the molecule is CN1CCC(OCc2ccc(CNC3CC3)o2)CC1. The summed E-state index contributed by atoms with van der Waals surface area (Å²) in [6, 6.07) is 4.82. The van der Waals surface area contributed by atoms with E-state index in [0.717, 1.165) is 50.0 Å². The highest BCUT2D eigenvalue weighted by Gasteiger charge is 2.21. The quantitative estimate of drug-likeness (QED) is 0.854. The van der Waals surface area contributed by atoms with E-state index >= 15 is 0 Å². The van der Waals surface area contributed by atoms with E-state index in [1.807, 2.05) is 6.07 Å². The van der Waals surface area contributed by atoms with Crippen LogP contribution >= 0.6 is 0 Å². The molecule has 1 aromatic heterocycles. The predicted octanol–water partition coefficient (Wildman–Crippen LogP) is 2.14. The van der Waals surface area contributed by atoms with Crippen LogP contribution in [0.2, 0.25) is 0 Å². The zero-order valence-electron chi connectivity index (χ0n) is 11.7. The zero-order valence-corrected chi connectivity index (χ0v) is 11.7. The molecule has 0 atom stereocenters. The topological polar surface area (TPSA) is 37.6 Å². The van der Waals surface area contributed by atoms with Crippen LogP contribution in [0.5, 0.6) is 0 Å². The fourth-order valence-electron chi connectivity index (χ4n) is 2.48. The number of likely N-dealkylation sites (tertiary alicyclic amines) is 1. The maximum Gasteiger partial charge on any atom is 0.129 e. The van der Waals surface area contributed by atoms with Crippen molar-refractivity contribution in [1.82, 2.24) is 10.2 Å². The Morgan fingerprint density at radius 3 is 2.68 bits per heavy atom. The van der Waals surface area contributed by atoms with Crippen LogP contribution in [0, 0.1) is 0 Å². The summed E-state index contributed by atoms with van der Waals surface area (Å²) in [5.41, 5.74) is 0. The Morgan fingerprint density at radius 1 is 1.21 bits per heavy atom. The first-order valence-corrected chi connectivity index (χ1v) is 7.41. The molecule has 0 spiro atoms. The molecular formula is C15H24N2O2. The molecule has 106 valence electrons. The third kappa shape index (κ3) is 4.06. The highest BCUT2D eigenvalue weighted by molar-refractivity contribution is 5.06. The number of ether oxygens (including phenoxy) is 1. The molecule has 3 rings (SSSR count). The maximum absolute atomic E-state index is 5.93. The molecule has 1 aromatic rings. The van der Waals surface area contributed by atoms with Gasteiger partial charge in [-0.05, 0) is 44.9 Å². The summed E-state index contributed by atoms with van der Waals surface area (Å²) in [4.78, 5) is 2.36. The molecule has 1 aliphatic carbocycles. The number of nitrogens with zero attached hydrogens (tertiary/aromatic N) is 1. The molecule has 0 bridgehead atoms. The molecule has 19 heavy (non-hydrogen) atoms. The van der Waals surface area contributed by atoms with Gasteiger partial charge >= 0.3 is 0 Å². The smallest absolute Gasteiger partial charge is 0.129 e. The molecular weight excluding hydrogens is 240 g/mol. The van der Waals surface area contributed by atoms with Crippen LogP contribution in [-0.2, 0) is 17.9 Å². The van der Waals surface area contributed by atoms with Crippen molar-refractivity contribution < 1.29 is 9.15 Å². The van der Waals surface area contributed by atoms with E-state index in [-0.39, 0.29) is 0 Å². The molecule has 2 fully saturated rings. The van der Waals surface area contributed by atoms with Gasteiger partial charge in [0.05, 0.1) is 12.6 Å². The Morgan fingerprint density at radius 2 is 1.95 bits per heavy atom. The van der Waals surface area contributed by atoms with Crippen molar-refractivity contribution in [3.63, 3.8) is 0 Å². The molecule has 0 unspecified atom stereocenters. The molecule has 1 saturated heterocycles. The minimum atomic E-state index is 0.398. The van der Waals surface area contributed by atoms with E-state index in [1.165, 1.54) is 12.8 Å². The third-order valence-electron chi connectivity index (χ3n) is 3.99. The maximum atomic E-state index is 5.93. The Labute approximate surface area is 115 Å². The standard InChI is InChI=1S/C15H24N2O2/c1-17-8-6-13(7-9-17)18-11-15-5-4-14(19-15)10-16-12-2-3-12/h4-5,12-13,16H,2-3,6-11H2,1H3. The van der Waals surface area contributed by atoms with Gasteiger partial charge in [-0.1, -0.05) is 0 Å². The molecule has 2 heterocycles. The van der Waals surface area contributed by atoms with Crippen molar-refractivity contribution in [2.75, 3.05) is 20.1 Å². The van der Waals surface area contributed by atoms with Crippen molar-refractivity contribution >= 4 is 0 Å². The molecule has 1 aliphatic heterocycles. The lowest BCUT2D eigenvalue weighted by atomic mass is 10.1. The summed E-state index contributed by atoms with van der Waals surface area (Å²) in [6.07, 6.45) is 5.29. The molecule has 4 nitrogen and oxygen atoms in total. The average Bonchev–Trinajstić information content (AvgIpc) is 3.15. The van der Waals surface area contributed by atoms with Gasteiger partial charge in [0.25, 0.3) is 0 Å². The summed E-state index contributed by atoms with van der Waals surface area (Å²) in [5, 5.41) is 3.46. The van der Waals surface area contributed by atoms with Crippen molar-refractivity contribution in [2.45, 2.75) is 51.0 Å². The lowest BCUT2D eigenvalue weighted by Gasteiger charge is -2.28. The number of nitrogens with one attached hydrogen (secondary N) is 1. The van der Waals surface area contributed by atoms with Crippen LogP contribution in [0.1, 0.15) is 37.2 Å². The third-order valence-corrected chi connectivity index (χ3v) is 3.99. The van der Waals surface area contributed by atoms with Crippen LogP contribution in [-0.4, -0.2) is 37.2 Å². The van der Waals surface area contributed by atoms with E-state index in [0.29, 0.717) is 12.7 Å². The Bertz CT molecular complexity index is 393. The lowest BCUT2D eigenvalue weighted by molar-refractivity contribution is -0.00512. The Balaban J connectivity index is 1.39. The number of hydrogen-bond donors (Lipinski definition) is 1. The Hall–Kier alpha value is -0.840. The second-order valence-electron chi connectivity index (χ2n) is 5.84. The van der Waals surface area contributed by atoms with Gasteiger partial charge in [0.2, 0.25) is 0 Å². The van der Waals surface area contributed by atoms with E-state index in [4.69, 9.17) is 9.15 Å². The van der Waals surface area contributed by atoms with Gasteiger partial charge in [0.1, 0.15) is 18.1 Å². The largest absolute Gasteiger partial charge is 0.462 e. The summed E-state index contributed by atoms with van der Waals surface area (Å²) in [7, 11) is 2.17. The second-order valence-corrected chi connectivity index (χ2v) is 5.84. The molecule has 2 aliphatic rings. The molecule has 1 N–H and O–H groups in total. The van der Waals surface area contributed by atoms with Crippen LogP contribution in [0.3, 0.4) is 0 Å². The van der Waals surface area contributed by atoms with Crippen LogP contribution in [0.25, 0.3) is 0 Å². The highest BCUT2D eigenvalue weighted by atomic mass is 16.5. The first-order chi connectivity index (χ1) is 9.29. The van der Waals surface area contributed by atoms with Gasteiger partial charge in [0.15, 0.2) is 0 Å². The average molecular weight is 264 g/mol. The monoisotopic (exact) mass is 264 g/mol. The number of hydrogen-bond acceptors (Lipinski definition) is 4. The fourth-order valence-corrected chi connectivity index (χ4v) is 2.48.